The molecule has 0 aliphatic rings. The predicted octanol–water partition coefficient (Wildman–Crippen LogP) is 4.94. The molecular formula is C17H23NS. The molecule has 0 saturated heterocycles. The summed E-state index contributed by atoms with van der Waals surface area (Å²) in [6.45, 7) is 7.80. The average Bonchev–Trinajstić information content (AvgIpc) is 2.85. The van der Waals surface area contributed by atoms with E-state index < -0.39 is 0 Å². The van der Waals surface area contributed by atoms with Crippen LogP contribution in [0.25, 0.3) is 11.1 Å². The summed E-state index contributed by atoms with van der Waals surface area (Å²) in [5.41, 5.74) is 2.64. The molecule has 102 valence electrons. The monoisotopic (exact) mass is 273 g/mol. The second-order valence-corrected chi connectivity index (χ2v) is 6.57. The molecule has 1 N–H and O–H groups in total. The molecule has 2 aromatic rings. The Balaban J connectivity index is 1.91. The Kier molecular flexibility index (Phi) is 5.17. The average molecular weight is 273 g/mol. The third-order valence-electron chi connectivity index (χ3n) is 3.21. The molecule has 0 aliphatic heterocycles. The maximum absolute atomic E-state index is 3.61. The molecule has 1 atom stereocenters. The number of thiophene rings is 1. The van der Waals surface area contributed by atoms with Crippen molar-refractivity contribution < 1.29 is 0 Å². The lowest BCUT2D eigenvalue weighted by atomic mass is 10.1. The highest BCUT2D eigenvalue weighted by atomic mass is 32.1. The summed E-state index contributed by atoms with van der Waals surface area (Å²) in [5.74, 6) is 0.755. The first-order valence-corrected chi connectivity index (χ1v) is 7.89. The summed E-state index contributed by atoms with van der Waals surface area (Å²) < 4.78 is 0. The first-order valence-electron chi connectivity index (χ1n) is 7.01. The van der Waals surface area contributed by atoms with Gasteiger partial charge in [-0.05, 0) is 41.8 Å². The predicted molar refractivity (Wildman–Crippen MR) is 85.5 cm³/mol. The molecule has 0 saturated carbocycles. The van der Waals surface area contributed by atoms with Gasteiger partial charge >= 0.3 is 0 Å². The summed E-state index contributed by atoms with van der Waals surface area (Å²) in [6.07, 6.45) is 1.23. The van der Waals surface area contributed by atoms with Gasteiger partial charge in [-0.25, -0.2) is 0 Å². The van der Waals surface area contributed by atoms with Crippen molar-refractivity contribution in [3.63, 3.8) is 0 Å². The minimum absolute atomic E-state index is 0.585. The Morgan fingerprint density at radius 3 is 2.47 bits per heavy atom. The molecule has 2 rings (SSSR count). The van der Waals surface area contributed by atoms with Crippen molar-refractivity contribution in [3.05, 3.63) is 46.7 Å². The number of rotatable bonds is 6. The molecule has 1 unspecified atom stereocenters. The van der Waals surface area contributed by atoms with E-state index in [-0.39, 0.29) is 0 Å². The van der Waals surface area contributed by atoms with Crippen LogP contribution < -0.4 is 5.32 Å². The zero-order valence-electron chi connectivity index (χ0n) is 12.0. The Bertz CT molecular complexity index is 487. The van der Waals surface area contributed by atoms with Gasteiger partial charge in [0.05, 0.1) is 0 Å². The van der Waals surface area contributed by atoms with Gasteiger partial charge in [-0.2, -0.15) is 0 Å². The lowest BCUT2D eigenvalue weighted by molar-refractivity contribution is 0.443. The Labute approximate surface area is 120 Å². The van der Waals surface area contributed by atoms with Gasteiger partial charge in [-0.1, -0.05) is 44.2 Å². The van der Waals surface area contributed by atoms with Gasteiger partial charge in [0.2, 0.25) is 0 Å². The number of hydrogen-bond donors (Lipinski definition) is 1. The Hall–Kier alpha value is -1.12. The van der Waals surface area contributed by atoms with Gasteiger partial charge in [0.25, 0.3) is 0 Å². The van der Waals surface area contributed by atoms with E-state index in [0.717, 1.165) is 12.5 Å². The summed E-state index contributed by atoms with van der Waals surface area (Å²) in [4.78, 5) is 1.41. The van der Waals surface area contributed by atoms with Crippen molar-refractivity contribution in [2.75, 3.05) is 0 Å². The fourth-order valence-corrected chi connectivity index (χ4v) is 3.16. The lowest BCUT2D eigenvalue weighted by Gasteiger charge is -2.15. The van der Waals surface area contributed by atoms with Crippen LogP contribution in [-0.4, -0.2) is 6.04 Å². The normalized spacial score (nSPS) is 12.8. The maximum atomic E-state index is 3.61. The fourth-order valence-electron chi connectivity index (χ4n) is 2.32. The highest BCUT2D eigenvalue weighted by molar-refractivity contribution is 7.10. The first kappa shape index (κ1) is 14.3. The Morgan fingerprint density at radius 2 is 1.79 bits per heavy atom. The van der Waals surface area contributed by atoms with E-state index >= 15 is 0 Å². The molecule has 0 amide bonds. The van der Waals surface area contributed by atoms with E-state index in [2.05, 4.69) is 67.9 Å². The van der Waals surface area contributed by atoms with E-state index in [9.17, 15) is 0 Å². The van der Waals surface area contributed by atoms with Gasteiger partial charge in [-0.15, -0.1) is 11.3 Å². The summed E-state index contributed by atoms with van der Waals surface area (Å²) >= 11 is 1.84. The molecule has 1 nitrogen and oxygen atoms in total. The number of benzene rings is 1. The minimum atomic E-state index is 0.585. The summed E-state index contributed by atoms with van der Waals surface area (Å²) in [7, 11) is 0. The zero-order chi connectivity index (χ0) is 13.7. The number of hydrogen-bond acceptors (Lipinski definition) is 2. The molecule has 1 aromatic carbocycles. The zero-order valence-corrected chi connectivity index (χ0v) is 12.8. The number of nitrogens with one attached hydrogen (secondary N) is 1. The highest BCUT2D eigenvalue weighted by Gasteiger charge is 2.06. The summed E-state index contributed by atoms with van der Waals surface area (Å²) in [5, 5.41) is 5.85. The highest BCUT2D eigenvalue weighted by Crippen LogP contribution is 2.25. The van der Waals surface area contributed by atoms with Crippen molar-refractivity contribution >= 4 is 11.3 Å². The molecule has 0 spiro atoms. The second kappa shape index (κ2) is 6.88. The summed E-state index contributed by atoms with van der Waals surface area (Å²) in [6, 6.07) is 13.5. The van der Waals surface area contributed by atoms with Crippen LogP contribution in [0, 0.1) is 5.92 Å². The van der Waals surface area contributed by atoms with Crippen LogP contribution in [0.4, 0.5) is 0 Å². The van der Waals surface area contributed by atoms with Crippen LogP contribution in [0.3, 0.4) is 0 Å². The van der Waals surface area contributed by atoms with E-state index in [0.29, 0.717) is 6.04 Å². The third-order valence-corrected chi connectivity index (χ3v) is 4.15. The van der Waals surface area contributed by atoms with Crippen LogP contribution in [-0.2, 0) is 6.54 Å². The molecule has 1 aromatic heterocycles. The van der Waals surface area contributed by atoms with Gasteiger partial charge in [0, 0.05) is 17.5 Å². The topological polar surface area (TPSA) is 12.0 Å². The van der Waals surface area contributed by atoms with E-state index in [1.807, 2.05) is 11.3 Å². The third kappa shape index (κ3) is 4.48. The van der Waals surface area contributed by atoms with E-state index in [4.69, 9.17) is 0 Å². The van der Waals surface area contributed by atoms with Crippen LogP contribution in [0.2, 0.25) is 0 Å². The van der Waals surface area contributed by atoms with Crippen molar-refractivity contribution in [1.29, 1.82) is 0 Å². The quantitative estimate of drug-likeness (QED) is 0.786. The molecule has 0 aliphatic carbocycles. The molecule has 0 radical (unpaired) electrons. The van der Waals surface area contributed by atoms with Gasteiger partial charge in [0.1, 0.15) is 0 Å². The van der Waals surface area contributed by atoms with E-state index in [1.165, 1.54) is 22.4 Å². The van der Waals surface area contributed by atoms with Crippen LogP contribution >= 0.6 is 11.3 Å². The standard InChI is InChI=1S/C17H23NS/c1-13(2)9-14(3)18-11-17-10-16(12-19-17)15-7-5-4-6-8-15/h4-8,10,12-14,18H,9,11H2,1-3H3. The molecule has 1 heterocycles. The minimum Gasteiger partial charge on any atom is -0.309 e. The van der Waals surface area contributed by atoms with Crippen LogP contribution in [0.5, 0.6) is 0 Å². The van der Waals surface area contributed by atoms with Crippen LogP contribution in [0.1, 0.15) is 32.1 Å². The SMILES string of the molecule is CC(C)CC(C)NCc1cc(-c2ccccc2)cs1. The molecule has 19 heavy (non-hydrogen) atoms. The molecule has 0 fully saturated rings. The van der Waals surface area contributed by atoms with Crippen molar-refractivity contribution in [2.45, 2.75) is 39.8 Å². The molecular weight excluding hydrogens is 250 g/mol. The van der Waals surface area contributed by atoms with Gasteiger partial charge < -0.3 is 5.32 Å². The second-order valence-electron chi connectivity index (χ2n) is 5.58. The van der Waals surface area contributed by atoms with Crippen LogP contribution in [0.15, 0.2) is 41.8 Å². The smallest absolute Gasteiger partial charge is 0.0302 e. The lowest BCUT2D eigenvalue weighted by Crippen LogP contribution is -2.26. The van der Waals surface area contributed by atoms with Gasteiger partial charge in [0.15, 0.2) is 0 Å². The van der Waals surface area contributed by atoms with E-state index in [1.54, 1.807) is 0 Å². The Morgan fingerprint density at radius 1 is 1.05 bits per heavy atom. The largest absolute Gasteiger partial charge is 0.309 e. The fraction of sp³-hybridized carbons (Fsp3) is 0.412. The van der Waals surface area contributed by atoms with Crippen molar-refractivity contribution in [3.8, 4) is 11.1 Å². The maximum Gasteiger partial charge on any atom is 0.0302 e. The van der Waals surface area contributed by atoms with Gasteiger partial charge in [-0.3, -0.25) is 0 Å². The molecule has 0 bridgehead atoms. The van der Waals surface area contributed by atoms with Crippen molar-refractivity contribution in [2.24, 2.45) is 5.92 Å². The first-order chi connectivity index (χ1) is 9.15. The molecule has 2 heteroatoms. The van der Waals surface area contributed by atoms with Crippen molar-refractivity contribution in [1.82, 2.24) is 5.32 Å².